The van der Waals surface area contributed by atoms with Gasteiger partial charge in [0.15, 0.2) is 0 Å². The molecule has 7 heteroatoms. The topological polar surface area (TPSA) is 84.3 Å². The van der Waals surface area contributed by atoms with Gasteiger partial charge in [-0.2, -0.15) is 0 Å². The van der Waals surface area contributed by atoms with E-state index in [0.717, 1.165) is 18.2 Å². The summed E-state index contributed by atoms with van der Waals surface area (Å²) in [4.78, 5) is 20.7. The molecule has 1 aromatic carbocycles. The second-order valence-electron chi connectivity index (χ2n) is 2.62. The van der Waals surface area contributed by atoms with Crippen molar-refractivity contribution < 1.29 is 14.1 Å². The highest BCUT2D eigenvalue weighted by Gasteiger charge is 2.15. The molecule has 1 aromatic rings. The number of rotatable bonds is 2. The van der Waals surface area contributed by atoms with Gasteiger partial charge in [0.1, 0.15) is 11.5 Å². The van der Waals surface area contributed by atoms with E-state index in [1.54, 1.807) is 0 Å². The summed E-state index contributed by atoms with van der Waals surface area (Å²) in [6.45, 7) is 0. The SMILES string of the molecule is CNC(=O)Nc1cc(F)ccc1[N+](=O)[O-]. The van der Waals surface area contributed by atoms with Crippen molar-refractivity contribution in [3.63, 3.8) is 0 Å². The number of hydrogen-bond donors (Lipinski definition) is 2. The summed E-state index contributed by atoms with van der Waals surface area (Å²) in [7, 11) is 1.35. The van der Waals surface area contributed by atoms with Crippen LogP contribution < -0.4 is 10.6 Å². The number of nitro benzene ring substituents is 1. The highest BCUT2D eigenvalue weighted by atomic mass is 19.1. The van der Waals surface area contributed by atoms with E-state index in [2.05, 4.69) is 10.6 Å². The smallest absolute Gasteiger partial charge is 0.319 e. The predicted octanol–water partition coefficient (Wildman–Crippen LogP) is 1.49. The normalized spacial score (nSPS) is 9.47. The number of nitro groups is 1. The highest BCUT2D eigenvalue weighted by Crippen LogP contribution is 2.24. The summed E-state index contributed by atoms with van der Waals surface area (Å²) in [6.07, 6.45) is 0. The average molecular weight is 213 g/mol. The lowest BCUT2D eigenvalue weighted by Crippen LogP contribution is -2.24. The Kier molecular flexibility index (Phi) is 3.17. The third-order valence-corrected chi connectivity index (χ3v) is 1.63. The molecule has 2 N–H and O–H groups in total. The van der Waals surface area contributed by atoms with Gasteiger partial charge < -0.3 is 10.6 Å². The number of urea groups is 1. The van der Waals surface area contributed by atoms with Crippen LogP contribution in [0.2, 0.25) is 0 Å². The zero-order valence-electron chi connectivity index (χ0n) is 7.78. The molecule has 0 unspecified atom stereocenters. The summed E-state index contributed by atoms with van der Waals surface area (Å²) in [5, 5.41) is 14.9. The van der Waals surface area contributed by atoms with Crippen molar-refractivity contribution in [3.05, 3.63) is 34.1 Å². The summed E-state index contributed by atoms with van der Waals surface area (Å²) in [5.74, 6) is -0.660. The first kappa shape index (κ1) is 10.9. The molecule has 0 spiro atoms. The number of anilines is 1. The van der Waals surface area contributed by atoms with Gasteiger partial charge in [-0.05, 0) is 6.07 Å². The van der Waals surface area contributed by atoms with E-state index in [0.29, 0.717) is 0 Å². The quantitative estimate of drug-likeness (QED) is 0.576. The minimum absolute atomic E-state index is 0.181. The van der Waals surface area contributed by atoms with Gasteiger partial charge in [-0.25, -0.2) is 9.18 Å². The Labute approximate surface area is 84.2 Å². The van der Waals surface area contributed by atoms with Crippen molar-refractivity contribution in [1.29, 1.82) is 0 Å². The number of amides is 2. The largest absolute Gasteiger partial charge is 0.341 e. The number of nitrogens with zero attached hydrogens (tertiary/aromatic N) is 1. The van der Waals surface area contributed by atoms with Gasteiger partial charge in [-0.3, -0.25) is 10.1 Å². The van der Waals surface area contributed by atoms with Crippen molar-refractivity contribution >= 4 is 17.4 Å². The van der Waals surface area contributed by atoms with E-state index < -0.39 is 16.8 Å². The van der Waals surface area contributed by atoms with Crippen LogP contribution in [0.1, 0.15) is 0 Å². The molecule has 80 valence electrons. The predicted molar refractivity (Wildman–Crippen MR) is 51.1 cm³/mol. The molecule has 0 saturated heterocycles. The maximum Gasteiger partial charge on any atom is 0.319 e. The molecule has 6 nitrogen and oxygen atoms in total. The van der Waals surface area contributed by atoms with Crippen LogP contribution in [0.5, 0.6) is 0 Å². The molecule has 0 atom stereocenters. The lowest BCUT2D eigenvalue weighted by atomic mass is 10.2. The van der Waals surface area contributed by atoms with Gasteiger partial charge >= 0.3 is 6.03 Å². The number of halogens is 1. The number of benzene rings is 1. The van der Waals surface area contributed by atoms with E-state index >= 15 is 0 Å². The molecular weight excluding hydrogens is 205 g/mol. The Morgan fingerprint density at radius 1 is 1.53 bits per heavy atom. The molecule has 0 fully saturated rings. The second-order valence-corrected chi connectivity index (χ2v) is 2.62. The fraction of sp³-hybridized carbons (Fsp3) is 0.125. The first-order valence-corrected chi connectivity index (χ1v) is 3.97. The van der Waals surface area contributed by atoms with E-state index in [9.17, 15) is 19.3 Å². The van der Waals surface area contributed by atoms with E-state index in [4.69, 9.17) is 0 Å². The van der Waals surface area contributed by atoms with E-state index in [1.165, 1.54) is 7.05 Å². The summed E-state index contributed by atoms with van der Waals surface area (Å²) >= 11 is 0. The minimum atomic E-state index is -0.704. The second kappa shape index (κ2) is 4.36. The Morgan fingerprint density at radius 2 is 2.20 bits per heavy atom. The van der Waals surface area contributed by atoms with Crippen LogP contribution in [0, 0.1) is 15.9 Å². The van der Waals surface area contributed by atoms with Crippen molar-refractivity contribution in [3.8, 4) is 0 Å². The Morgan fingerprint density at radius 3 is 2.73 bits per heavy atom. The van der Waals surface area contributed by atoms with Gasteiger partial charge in [-0.1, -0.05) is 0 Å². The van der Waals surface area contributed by atoms with Gasteiger partial charge in [0.2, 0.25) is 0 Å². The molecule has 0 radical (unpaired) electrons. The molecule has 0 bridgehead atoms. The van der Waals surface area contributed by atoms with Crippen LogP contribution >= 0.6 is 0 Å². The highest BCUT2D eigenvalue weighted by molar-refractivity contribution is 5.91. The Hall–Kier alpha value is -2.18. The fourth-order valence-corrected chi connectivity index (χ4v) is 0.952. The standard InChI is InChI=1S/C8H8FN3O3/c1-10-8(13)11-6-4-5(9)2-3-7(6)12(14)15/h2-4H,1H3,(H2,10,11,13). The monoisotopic (exact) mass is 213 g/mol. The number of carbonyl (C=O) groups is 1. The van der Waals surface area contributed by atoms with Gasteiger partial charge in [0, 0.05) is 19.2 Å². The molecule has 0 aliphatic heterocycles. The third-order valence-electron chi connectivity index (χ3n) is 1.63. The molecule has 0 aliphatic carbocycles. The maximum atomic E-state index is 12.8. The molecule has 0 aromatic heterocycles. The third kappa shape index (κ3) is 2.63. The van der Waals surface area contributed by atoms with Crippen molar-refractivity contribution in [1.82, 2.24) is 5.32 Å². The molecule has 1 rings (SSSR count). The van der Waals surface area contributed by atoms with E-state index in [-0.39, 0.29) is 11.4 Å². The van der Waals surface area contributed by atoms with E-state index in [1.807, 2.05) is 0 Å². The lowest BCUT2D eigenvalue weighted by Gasteiger charge is -2.04. The van der Waals surface area contributed by atoms with Crippen molar-refractivity contribution in [2.75, 3.05) is 12.4 Å². The molecule has 2 amide bonds. The van der Waals surface area contributed by atoms with Crippen molar-refractivity contribution in [2.45, 2.75) is 0 Å². The molecular formula is C8H8FN3O3. The van der Waals surface area contributed by atoms with Crippen LogP contribution in [-0.4, -0.2) is 18.0 Å². The molecule has 0 heterocycles. The fourth-order valence-electron chi connectivity index (χ4n) is 0.952. The van der Waals surface area contributed by atoms with Gasteiger partial charge in [-0.15, -0.1) is 0 Å². The van der Waals surface area contributed by atoms with Gasteiger partial charge in [0.25, 0.3) is 5.69 Å². The van der Waals surface area contributed by atoms with Gasteiger partial charge in [0.05, 0.1) is 4.92 Å². The molecule has 0 aliphatic rings. The van der Waals surface area contributed by atoms with Crippen LogP contribution in [0.4, 0.5) is 20.6 Å². The molecule has 15 heavy (non-hydrogen) atoms. The van der Waals surface area contributed by atoms with Crippen molar-refractivity contribution in [2.24, 2.45) is 0 Å². The summed E-state index contributed by atoms with van der Waals surface area (Å²) in [6, 6.07) is 2.17. The minimum Gasteiger partial charge on any atom is -0.341 e. The first-order valence-electron chi connectivity index (χ1n) is 3.97. The van der Waals surface area contributed by atoms with Crippen LogP contribution in [0.15, 0.2) is 18.2 Å². The van der Waals surface area contributed by atoms with Crippen LogP contribution in [0.3, 0.4) is 0 Å². The average Bonchev–Trinajstić information content (AvgIpc) is 2.17. The summed E-state index contributed by atoms with van der Waals surface area (Å²) in [5.41, 5.74) is -0.542. The first-order chi connectivity index (χ1) is 7.04. The number of hydrogen-bond acceptors (Lipinski definition) is 3. The number of carbonyl (C=O) groups excluding carboxylic acids is 1. The molecule has 0 saturated carbocycles. The Balaban J connectivity index is 3.07. The zero-order chi connectivity index (χ0) is 11.4. The maximum absolute atomic E-state index is 12.8. The van der Waals surface area contributed by atoms with Crippen LogP contribution in [-0.2, 0) is 0 Å². The summed E-state index contributed by atoms with van der Waals surface area (Å²) < 4.78 is 12.8. The number of nitrogens with one attached hydrogen (secondary N) is 2. The lowest BCUT2D eigenvalue weighted by molar-refractivity contribution is -0.384. The Bertz CT molecular complexity index is 408. The zero-order valence-corrected chi connectivity index (χ0v) is 7.78. The van der Waals surface area contributed by atoms with Crippen LogP contribution in [0.25, 0.3) is 0 Å².